The minimum Gasteiger partial charge on any atom is -0.431 e. The van der Waals surface area contributed by atoms with E-state index in [-0.39, 0.29) is 17.6 Å². The van der Waals surface area contributed by atoms with Crippen molar-refractivity contribution >= 4 is 18.0 Å². The van der Waals surface area contributed by atoms with Crippen molar-refractivity contribution in [3.63, 3.8) is 0 Å². The van der Waals surface area contributed by atoms with Gasteiger partial charge in [-0.05, 0) is 5.56 Å². The SMILES string of the molecule is Nc1nc(C(=O)N2CCN(C/C=C/c3ccccc3)CC2)co1. The van der Waals surface area contributed by atoms with Crippen LogP contribution in [0.5, 0.6) is 0 Å². The highest BCUT2D eigenvalue weighted by Crippen LogP contribution is 2.10. The minimum absolute atomic E-state index is 0.0260. The van der Waals surface area contributed by atoms with E-state index in [2.05, 4.69) is 34.2 Å². The summed E-state index contributed by atoms with van der Waals surface area (Å²) in [5.41, 5.74) is 6.88. The Morgan fingerprint density at radius 1 is 1.22 bits per heavy atom. The number of oxazole rings is 1. The summed E-state index contributed by atoms with van der Waals surface area (Å²) in [6.45, 7) is 3.94. The number of anilines is 1. The molecule has 1 aromatic carbocycles. The number of aromatic nitrogens is 1. The van der Waals surface area contributed by atoms with Gasteiger partial charge in [-0.2, -0.15) is 4.98 Å². The maximum Gasteiger partial charge on any atom is 0.292 e. The van der Waals surface area contributed by atoms with Crippen LogP contribution in [0.15, 0.2) is 47.1 Å². The lowest BCUT2D eigenvalue weighted by Gasteiger charge is -2.33. The van der Waals surface area contributed by atoms with E-state index in [0.29, 0.717) is 13.1 Å². The quantitative estimate of drug-likeness (QED) is 0.930. The average molecular weight is 312 g/mol. The number of rotatable bonds is 4. The van der Waals surface area contributed by atoms with Gasteiger partial charge in [0.15, 0.2) is 5.69 Å². The maximum absolute atomic E-state index is 12.2. The number of nitrogens with two attached hydrogens (primary N) is 1. The summed E-state index contributed by atoms with van der Waals surface area (Å²) in [5.74, 6) is -0.120. The summed E-state index contributed by atoms with van der Waals surface area (Å²) in [5, 5.41) is 0. The predicted octanol–water partition coefficient (Wildman–Crippen LogP) is 1.73. The molecule has 0 aliphatic carbocycles. The largest absolute Gasteiger partial charge is 0.431 e. The first-order chi connectivity index (χ1) is 11.2. The second-order valence-corrected chi connectivity index (χ2v) is 5.48. The van der Waals surface area contributed by atoms with E-state index in [1.54, 1.807) is 4.90 Å². The second-order valence-electron chi connectivity index (χ2n) is 5.48. The van der Waals surface area contributed by atoms with Crippen molar-refractivity contribution in [1.82, 2.24) is 14.8 Å². The molecule has 3 rings (SSSR count). The van der Waals surface area contributed by atoms with Gasteiger partial charge in [-0.1, -0.05) is 42.5 Å². The highest BCUT2D eigenvalue weighted by atomic mass is 16.4. The van der Waals surface area contributed by atoms with Crippen molar-refractivity contribution in [2.75, 3.05) is 38.5 Å². The molecule has 1 fully saturated rings. The zero-order chi connectivity index (χ0) is 16.1. The Labute approximate surface area is 135 Å². The van der Waals surface area contributed by atoms with Gasteiger partial charge in [0, 0.05) is 32.7 Å². The van der Waals surface area contributed by atoms with E-state index in [0.717, 1.165) is 19.6 Å². The summed E-state index contributed by atoms with van der Waals surface area (Å²) in [7, 11) is 0. The molecule has 6 heteroatoms. The molecule has 0 unspecified atom stereocenters. The molecule has 0 bridgehead atoms. The van der Waals surface area contributed by atoms with Crippen LogP contribution in [-0.4, -0.2) is 53.4 Å². The van der Waals surface area contributed by atoms with E-state index in [1.807, 2.05) is 18.2 Å². The van der Waals surface area contributed by atoms with Gasteiger partial charge in [0.25, 0.3) is 11.9 Å². The first kappa shape index (κ1) is 15.3. The Kier molecular flexibility index (Phi) is 4.73. The summed E-state index contributed by atoms with van der Waals surface area (Å²) < 4.78 is 4.89. The molecule has 6 nitrogen and oxygen atoms in total. The van der Waals surface area contributed by atoms with Crippen molar-refractivity contribution < 1.29 is 9.21 Å². The third kappa shape index (κ3) is 3.98. The lowest BCUT2D eigenvalue weighted by Crippen LogP contribution is -2.48. The monoisotopic (exact) mass is 312 g/mol. The van der Waals surface area contributed by atoms with Crippen LogP contribution in [0, 0.1) is 0 Å². The molecule has 1 aliphatic rings. The molecule has 120 valence electrons. The fraction of sp³-hybridized carbons (Fsp3) is 0.294. The molecule has 1 amide bonds. The fourth-order valence-electron chi connectivity index (χ4n) is 2.58. The molecule has 1 aromatic heterocycles. The van der Waals surface area contributed by atoms with Gasteiger partial charge in [-0.15, -0.1) is 0 Å². The van der Waals surface area contributed by atoms with Crippen LogP contribution >= 0.6 is 0 Å². The number of amides is 1. The van der Waals surface area contributed by atoms with Gasteiger partial charge < -0.3 is 15.1 Å². The average Bonchev–Trinajstić information content (AvgIpc) is 3.02. The summed E-state index contributed by atoms with van der Waals surface area (Å²) in [6.07, 6.45) is 5.59. The van der Waals surface area contributed by atoms with Gasteiger partial charge in [0.2, 0.25) is 0 Å². The topological polar surface area (TPSA) is 75.6 Å². The lowest BCUT2D eigenvalue weighted by molar-refractivity contribution is 0.0644. The molecular formula is C17H20N4O2. The Morgan fingerprint density at radius 2 is 1.96 bits per heavy atom. The zero-order valence-electron chi connectivity index (χ0n) is 12.9. The molecule has 2 N–H and O–H groups in total. The van der Waals surface area contributed by atoms with Crippen LogP contribution in [0.25, 0.3) is 6.08 Å². The van der Waals surface area contributed by atoms with Gasteiger partial charge >= 0.3 is 0 Å². The van der Waals surface area contributed by atoms with E-state index >= 15 is 0 Å². The van der Waals surface area contributed by atoms with Crippen molar-refractivity contribution in [3.05, 3.63) is 53.9 Å². The fourth-order valence-corrected chi connectivity index (χ4v) is 2.58. The summed E-state index contributed by atoms with van der Waals surface area (Å²) in [4.78, 5) is 20.2. The number of nitrogens with zero attached hydrogens (tertiary/aromatic N) is 3. The number of hydrogen-bond donors (Lipinski definition) is 1. The van der Waals surface area contributed by atoms with E-state index in [1.165, 1.54) is 11.8 Å². The standard InChI is InChI=1S/C17H20N4O2/c18-17-19-15(13-23-17)16(22)21-11-9-20(10-12-21)8-4-7-14-5-2-1-3-6-14/h1-7,13H,8-12H2,(H2,18,19)/b7-4+. The summed E-state index contributed by atoms with van der Waals surface area (Å²) in [6, 6.07) is 10.3. The molecule has 0 spiro atoms. The highest BCUT2D eigenvalue weighted by Gasteiger charge is 2.23. The number of piperazine rings is 1. The number of benzene rings is 1. The summed E-state index contributed by atoms with van der Waals surface area (Å²) >= 11 is 0. The van der Waals surface area contributed by atoms with Crippen LogP contribution < -0.4 is 5.73 Å². The van der Waals surface area contributed by atoms with Gasteiger partial charge in [0.05, 0.1) is 0 Å². The minimum atomic E-state index is -0.120. The van der Waals surface area contributed by atoms with Crippen LogP contribution in [-0.2, 0) is 0 Å². The maximum atomic E-state index is 12.2. The third-order valence-corrected chi connectivity index (χ3v) is 3.87. The molecule has 0 radical (unpaired) electrons. The second kappa shape index (κ2) is 7.11. The van der Waals surface area contributed by atoms with Crippen molar-refractivity contribution in [1.29, 1.82) is 0 Å². The van der Waals surface area contributed by atoms with Crippen molar-refractivity contribution in [2.45, 2.75) is 0 Å². The van der Waals surface area contributed by atoms with Gasteiger partial charge in [-0.25, -0.2) is 0 Å². The van der Waals surface area contributed by atoms with E-state index in [9.17, 15) is 4.79 Å². The first-order valence-corrected chi connectivity index (χ1v) is 7.66. The smallest absolute Gasteiger partial charge is 0.292 e. The molecule has 23 heavy (non-hydrogen) atoms. The Bertz CT molecular complexity index is 673. The van der Waals surface area contributed by atoms with E-state index < -0.39 is 0 Å². The highest BCUT2D eigenvalue weighted by molar-refractivity contribution is 5.92. The molecule has 1 aliphatic heterocycles. The molecule has 2 heterocycles. The Balaban J connectivity index is 1.47. The Morgan fingerprint density at radius 3 is 2.61 bits per heavy atom. The zero-order valence-corrected chi connectivity index (χ0v) is 12.9. The lowest BCUT2D eigenvalue weighted by atomic mass is 10.2. The van der Waals surface area contributed by atoms with Crippen LogP contribution in [0.3, 0.4) is 0 Å². The van der Waals surface area contributed by atoms with Crippen LogP contribution in [0.4, 0.5) is 6.01 Å². The van der Waals surface area contributed by atoms with Crippen LogP contribution in [0.2, 0.25) is 0 Å². The molecular weight excluding hydrogens is 292 g/mol. The molecule has 1 saturated heterocycles. The van der Waals surface area contributed by atoms with Gasteiger partial charge in [-0.3, -0.25) is 9.69 Å². The molecule has 0 atom stereocenters. The van der Waals surface area contributed by atoms with Gasteiger partial charge in [0.1, 0.15) is 6.26 Å². The third-order valence-electron chi connectivity index (χ3n) is 3.87. The number of carbonyl (C=O) groups excluding carboxylic acids is 1. The number of carbonyl (C=O) groups is 1. The number of nitrogen functional groups attached to an aromatic ring is 1. The van der Waals surface area contributed by atoms with Crippen molar-refractivity contribution in [3.8, 4) is 0 Å². The van der Waals surface area contributed by atoms with E-state index in [4.69, 9.17) is 10.2 Å². The molecule has 2 aromatic rings. The predicted molar refractivity (Wildman–Crippen MR) is 88.7 cm³/mol. The normalized spacial score (nSPS) is 16.1. The van der Waals surface area contributed by atoms with Crippen LogP contribution in [0.1, 0.15) is 16.1 Å². The van der Waals surface area contributed by atoms with Crippen molar-refractivity contribution in [2.24, 2.45) is 0 Å². The number of hydrogen-bond acceptors (Lipinski definition) is 5. The Hall–Kier alpha value is -2.60. The molecule has 0 saturated carbocycles. The first-order valence-electron chi connectivity index (χ1n) is 7.66.